The van der Waals surface area contributed by atoms with Gasteiger partial charge in [0.2, 0.25) is 0 Å². The molecule has 0 bridgehead atoms. The number of likely N-dealkylation sites (tertiary alicyclic amines) is 1. The molecule has 108 valence electrons. The largest absolute Gasteiger partial charge is 0.467 e. The van der Waals surface area contributed by atoms with Crippen molar-refractivity contribution in [3.8, 4) is 0 Å². The van der Waals surface area contributed by atoms with Gasteiger partial charge in [-0.1, -0.05) is 0 Å². The molecule has 1 aromatic heterocycles. The predicted octanol–water partition coefficient (Wildman–Crippen LogP) is 1.26. The number of aryl methyl sites for hydroxylation is 2. The van der Waals surface area contributed by atoms with E-state index < -0.39 is 6.04 Å². The van der Waals surface area contributed by atoms with Gasteiger partial charge in [0.25, 0.3) is 5.91 Å². The predicted molar refractivity (Wildman–Crippen MR) is 72.2 cm³/mol. The SMILES string of the molecule is COC(=O)C1CCCCN1C(=O)c1cc(C)nnc1C. The molecular weight excluding hydrogens is 258 g/mol. The van der Waals surface area contributed by atoms with E-state index in [0.29, 0.717) is 29.9 Å². The number of hydrogen-bond acceptors (Lipinski definition) is 5. The number of aromatic nitrogens is 2. The molecule has 6 nitrogen and oxygen atoms in total. The Kier molecular flexibility index (Phi) is 4.32. The molecule has 6 heteroatoms. The van der Waals surface area contributed by atoms with E-state index >= 15 is 0 Å². The van der Waals surface area contributed by atoms with Gasteiger partial charge in [-0.15, -0.1) is 0 Å². The Morgan fingerprint density at radius 1 is 1.30 bits per heavy atom. The molecule has 0 N–H and O–H groups in total. The Hall–Kier alpha value is -1.98. The van der Waals surface area contributed by atoms with Crippen molar-refractivity contribution in [3.63, 3.8) is 0 Å². The van der Waals surface area contributed by atoms with Crippen molar-refractivity contribution in [1.29, 1.82) is 0 Å². The lowest BCUT2D eigenvalue weighted by Gasteiger charge is -2.34. The fraction of sp³-hybridized carbons (Fsp3) is 0.571. The number of hydrogen-bond donors (Lipinski definition) is 0. The first-order chi connectivity index (χ1) is 9.54. The van der Waals surface area contributed by atoms with Gasteiger partial charge in [-0.25, -0.2) is 4.79 Å². The van der Waals surface area contributed by atoms with E-state index in [1.54, 1.807) is 24.8 Å². The lowest BCUT2D eigenvalue weighted by atomic mass is 10.0. The van der Waals surface area contributed by atoms with E-state index in [1.165, 1.54) is 7.11 Å². The Morgan fingerprint density at radius 3 is 2.75 bits per heavy atom. The van der Waals surface area contributed by atoms with Crippen molar-refractivity contribution in [2.24, 2.45) is 0 Å². The maximum absolute atomic E-state index is 12.7. The van der Waals surface area contributed by atoms with Crippen molar-refractivity contribution in [2.45, 2.75) is 39.2 Å². The first kappa shape index (κ1) is 14.4. The number of amides is 1. The van der Waals surface area contributed by atoms with Crippen LogP contribution in [-0.2, 0) is 9.53 Å². The molecular formula is C14H19N3O3. The molecule has 2 heterocycles. The summed E-state index contributed by atoms with van der Waals surface area (Å²) in [7, 11) is 1.35. The highest BCUT2D eigenvalue weighted by Crippen LogP contribution is 2.21. The van der Waals surface area contributed by atoms with Gasteiger partial charge in [0.1, 0.15) is 6.04 Å². The van der Waals surface area contributed by atoms with Crippen LogP contribution < -0.4 is 0 Å². The monoisotopic (exact) mass is 277 g/mol. The molecule has 0 aromatic carbocycles. The summed E-state index contributed by atoms with van der Waals surface area (Å²) < 4.78 is 4.80. The third kappa shape index (κ3) is 2.79. The van der Waals surface area contributed by atoms with Crippen LogP contribution in [0, 0.1) is 13.8 Å². The second-order valence-electron chi connectivity index (χ2n) is 5.02. The van der Waals surface area contributed by atoms with Gasteiger partial charge in [-0.3, -0.25) is 4.79 Å². The Labute approximate surface area is 118 Å². The molecule has 1 aliphatic rings. The normalized spacial score (nSPS) is 18.8. The molecule has 0 aliphatic carbocycles. The lowest BCUT2D eigenvalue weighted by molar-refractivity contribution is -0.147. The number of carbonyl (C=O) groups is 2. The van der Waals surface area contributed by atoms with E-state index in [-0.39, 0.29) is 11.9 Å². The molecule has 1 amide bonds. The minimum absolute atomic E-state index is 0.171. The summed E-state index contributed by atoms with van der Waals surface area (Å²) in [4.78, 5) is 26.1. The van der Waals surface area contributed by atoms with Crippen molar-refractivity contribution in [1.82, 2.24) is 15.1 Å². The van der Waals surface area contributed by atoms with E-state index in [2.05, 4.69) is 10.2 Å². The molecule has 1 aliphatic heterocycles. The van der Waals surface area contributed by atoms with Gasteiger partial charge >= 0.3 is 5.97 Å². The summed E-state index contributed by atoms with van der Waals surface area (Å²) >= 11 is 0. The standard InChI is InChI=1S/C14H19N3O3/c1-9-8-11(10(2)16-15-9)13(18)17-7-5-4-6-12(17)14(19)20-3/h8,12H,4-7H2,1-3H3. The molecule has 20 heavy (non-hydrogen) atoms. The van der Waals surface area contributed by atoms with Gasteiger partial charge in [0.15, 0.2) is 0 Å². The minimum Gasteiger partial charge on any atom is -0.467 e. The number of ether oxygens (including phenoxy) is 1. The zero-order valence-corrected chi connectivity index (χ0v) is 12.0. The smallest absolute Gasteiger partial charge is 0.328 e. The Balaban J connectivity index is 2.30. The zero-order chi connectivity index (χ0) is 14.7. The highest BCUT2D eigenvalue weighted by molar-refractivity contribution is 5.97. The maximum atomic E-state index is 12.7. The number of methoxy groups -OCH3 is 1. The second kappa shape index (κ2) is 5.98. The average Bonchev–Trinajstić information content (AvgIpc) is 2.48. The van der Waals surface area contributed by atoms with Gasteiger partial charge in [-0.05, 0) is 39.2 Å². The Morgan fingerprint density at radius 2 is 2.05 bits per heavy atom. The summed E-state index contributed by atoms with van der Waals surface area (Å²) in [5.41, 5.74) is 1.77. The molecule has 0 spiro atoms. The summed E-state index contributed by atoms with van der Waals surface area (Å²) in [6.07, 6.45) is 2.47. The third-order valence-electron chi connectivity index (χ3n) is 3.57. The summed E-state index contributed by atoms with van der Waals surface area (Å²) in [6, 6.07) is 1.22. The fourth-order valence-electron chi connectivity index (χ4n) is 2.48. The number of carbonyl (C=O) groups excluding carboxylic acids is 2. The van der Waals surface area contributed by atoms with Crippen molar-refractivity contribution in [2.75, 3.05) is 13.7 Å². The summed E-state index contributed by atoms with van der Waals surface area (Å²) in [6.45, 7) is 4.10. The van der Waals surface area contributed by atoms with Crippen LogP contribution in [0.25, 0.3) is 0 Å². The van der Waals surface area contributed by atoms with Crippen LogP contribution in [-0.4, -0.2) is 46.7 Å². The molecule has 0 saturated carbocycles. The first-order valence-corrected chi connectivity index (χ1v) is 6.74. The zero-order valence-electron chi connectivity index (χ0n) is 12.0. The van der Waals surface area contributed by atoms with E-state index in [9.17, 15) is 9.59 Å². The van der Waals surface area contributed by atoms with Crippen LogP contribution in [0.1, 0.15) is 41.0 Å². The topological polar surface area (TPSA) is 72.4 Å². The molecule has 1 unspecified atom stereocenters. The molecule has 1 fully saturated rings. The van der Waals surface area contributed by atoms with Crippen LogP contribution in [0.2, 0.25) is 0 Å². The Bertz CT molecular complexity index is 530. The minimum atomic E-state index is -0.492. The van der Waals surface area contributed by atoms with Gasteiger partial charge in [0.05, 0.1) is 24.1 Å². The number of nitrogens with zero attached hydrogens (tertiary/aromatic N) is 3. The number of esters is 1. The van der Waals surface area contributed by atoms with Gasteiger partial charge < -0.3 is 9.64 Å². The summed E-state index contributed by atoms with van der Waals surface area (Å²) in [5.74, 6) is -0.523. The summed E-state index contributed by atoms with van der Waals surface area (Å²) in [5, 5.41) is 7.90. The average molecular weight is 277 g/mol. The number of piperidine rings is 1. The highest BCUT2D eigenvalue weighted by atomic mass is 16.5. The number of rotatable bonds is 2. The van der Waals surface area contributed by atoms with E-state index in [4.69, 9.17) is 4.74 Å². The van der Waals surface area contributed by atoms with E-state index in [0.717, 1.165) is 12.8 Å². The van der Waals surface area contributed by atoms with Crippen molar-refractivity contribution in [3.05, 3.63) is 23.0 Å². The maximum Gasteiger partial charge on any atom is 0.328 e. The van der Waals surface area contributed by atoms with E-state index in [1.807, 2.05) is 0 Å². The van der Waals surface area contributed by atoms with Crippen molar-refractivity contribution < 1.29 is 14.3 Å². The van der Waals surface area contributed by atoms with Crippen LogP contribution in [0.3, 0.4) is 0 Å². The van der Waals surface area contributed by atoms with Crippen LogP contribution in [0.4, 0.5) is 0 Å². The molecule has 1 aromatic rings. The molecule has 1 saturated heterocycles. The van der Waals surface area contributed by atoms with Crippen molar-refractivity contribution >= 4 is 11.9 Å². The first-order valence-electron chi connectivity index (χ1n) is 6.74. The molecule has 2 rings (SSSR count). The van der Waals surface area contributed by atoms with Crippen LogP contribution in [0.5, 0.6) is 0 Å². The molecule has 1 atom stereocenters. The van der Waals surface area contributed by atoms with Gasteiger partial charge in [-0.2, -0.15) is 10.2 Å². The lowest BCUT2D eigenvalue weighted by Crippen LogP contribution is -2.48. The third-order valence-corrected chi connectivity index (χ3v) is 3.57. The van der Waals surface area contributed by atoms with Gasteiger partial charge in [0, 0.05) is 6.54 Å². The second-order valence-corrected chi connectivity index (χ2v) is 5.02. The highest BCUT2D eigenvalue weighted by Gasteiger charge is 2.34. The van der Waals surface area contributed by atoms with Crippen LogP contribution >= 0.6 is 0 Å². The van der Waals surface area contributed by atoms with Crippen LogP contribution in [0.15, 0.2) is 6.07 Å². The quantitative estimate of drug-likeness (QED) is 0.761. The molecule has 0 radical (unpaired) electrons. The fourth-order valence-corrected chi connectivity index (χ4v) is 2.48.